The van der Waals surface area contributed by atoms with Gasteiger partial charge in [-0.05, 0) is 18.6 Å². The molecule has 5 nitrogen and oxygen atoms in total. The van der Waals surface area contributed by atoms with Crippen molar-refractivity contribution in [3.8, 4) is 0 Å². The molecule has 0 fully saturated rings. The number of carbonyl (C=O) groups is 1. The molecule has 1 aliphatic carbocycles. The number of amides is 1. The van der Waals surface area contributed by atoms with E-state index in [1.807, 2.05) is 24.3 Å². The van der Waals surface area contributed by atoms with Crippen molar-refractivity contribution in [3.05, 3.63) is 48.2 Å². The van der Waals surface area contributed by atoms with E-state index in [1.54, 1.807) is 0 Å². The summed E-state index contributed by atoms with van der Waals surface area (Å²) >= 11 is 0. The summed E-state index contributed by atoms with van der Waals surface area (Å²) in [5.74, 6) is -0.197. The molecular formula is C13H15N3O2S. The molecule has 6 heteroatoms. The minimum Gasteiger partial charge on any atom is -0.384 e. The van der Waals surface area contributed by atoms with Crippen molar-refractivity contribution < 1.29 is 9.00 Å². The normalized spacial score (nSPS) is 20.8. The van der Waals surface area contributed by atoms with Gasteiger partial charge in [-0.1, -0.05) is 24.3 Å². The quantitative estimate of drug-likeness (QED) is 0.893. The van der Waals surface area contributed by atoms with Crippen molar-refractivity contribution in [3.63, 3.8) is 0 Å². The molecule has 2 rings (SSSR count). The van der Waals surface area contributed by atoms with Crippen LogP contribution in [-0.4, -0.2) is 26.6 Å². The molecule has 1 amide bonds. The second kappa shape index (κ2) is 5.36. The molecule has 1 unspecified atom stereocenters. The van der Waals surface area contributed by atoms with Crippen molar-refractivity contribution in [1.82, 2.24) is 4.98 Å². The third kappa shape index (κ3) is 3.29. The van der Waals surface area contributed by atoms with Crippen molar-refractivity contribution in [2.75, 3.05) is 12.0 Å². The van der Waals surface area contributed by atoms with E-state index in [9.17, 15) is 9.00 Å². The summed E-state index contributed by atoms with van der Waals surface area (Å²) in [6.07, 6.45) is 10.9. The standard InChI is InChI=1S/C13H15N3O2S/c1-19(18,11-5-3-2-4-6-11)16-13(17)10-7-8-12(14)15-9-10/h2-5,7-9,11H,6H2,1H3,(H2,14,15)/t11?,19-/m0/s1. The number of pyridine rings is 1. The topological polar surface area (TPSA) is 85.4 Å². The fourth-order valence-corrected chi connectivity index (χ4v) is 3.12. The zero-order valence-corrected chi connectivity index (χ0v) is 11.3. The summed E-state index contributed by atoms with van der Waals surface area (Å²) in [6, 6.07) is 3.05. The lowest BCUT2D eigenvalue weighted by atomic mass is 10.2. The second-order valence-corrected chi connectivity index (χ2v) is 6.83. The van der Waals surface area contributed by atoms with E-state index in [4.69, 9.17) is 5.73 Å². The predicted octanol–water partition coefficient (Wildman–Crippen LogP) is 1.79. The average molecular weight is 277 g/mol. The highest BCUT2D eigenvalue weighted by Crippen LogP contribution is 2.15. The number of carbonyl (C=O) groups excluding carboxylic acids is 1. The number of nitrogens with zero attached hydrogens (tertiary/aromatic N) is 2. The van der Waals surface area contributed by atoms with Gasteiger partial charge in [-0.3, -0.25) is 4.79 Å². The van der Waals surface area contributed by atoms with Crippen molar-refractivity contribution in [1.29, 1.82) is 0 Å². The lowest BCUT2D eigenvalue weighted by molar-refractivity contribution is 0.100. The van der Waals surface area contributed by atoms with Gasteiger partial charge in [0, 0.05) is 12.5 Å². The van der Waals surface area contributed by atoms with Crippen molar-refractivity contribution >= 4 is 21.5 Å². The van der Waals surface area contributed by atoms with Gasteiger partial charge >= 0.3 is 0 Å². The minimum atomic E-state index is -2.61. The van der Waals surface area contributed by atoms with Crippen LogP contribution in [0.15, 0.2) is 47.0 Å². The number of nitrogens with two attached hydrogens (primary N) is 1. The molecule has 1 aromatic heterocycles. The Morgan fingerprint density at radius 3 is 2.84 bits per heavy atom. The molecule has 2 atom stereocenters. The van der Waals surface area contributed by atoms with Crippen LogP contribution in [0, 0.1) is 0 Å². The third-order valence-corrected chi connectivity index (χ3v) is 4.80. The maximum absolute atomic E-state index is 12.5. The maximum Gasteiger partial charge on any atom is 0.286 e. The Morgan fingerprint density at radius 2 is 2.26 bits per heavy atom. The van der Waals surface area contributed by atoms with Gasteiger partial charge < -0.3 is 5.73 Å². The molecule has 0 aliphatic heterocycles. The Morgan fingerprint density at radius 1 is 1.47 bits per heavy atom. The van der Waals surface area contributed by atoms with Gasteiger partial charge in [0.05, 0.1) is 20.5 Å². The van der Waals surface area contributed by atoms with Crippen LogP contribution < -0.4 is 5.73 Å². The van der Waals surface area contributed by atoms with Gasteiger partial charge in [0.2, 0.25) is 0 Å². The van der Waals surface area contributed by atoms with Gasteiger partial charge in [0.15, 0.2) is 0 Å². The van der Waals surface area contributed by atoms with Crippen LogP contribution in [0.25, 0.3) is 0 Å². The van der Waals surface area contributed by atoms with Crippen molar-refractivity contribution in [2.24, 2.45) is 4.36 Å². The molecular weight excluding hydrogens is 262 g/mol. The Balaban J connectivity index is 2.26. The number of rotatable bonds is 2. The highest BCUT2D eigenvalue weighted by molar-refractivity contribution is 7.94. The highest BCUT2D eigenvalue weighted by atomic mass is 32.2. The Hall–Kier alpha value is -1.95. The van der Waals surface area contributed by atoms with E-state index in [0.717, 1.165) is 0 Å². The van der Waals surface area contributed by atoms with Gasteiger partial charge in [0.1, 0.15) is 5.82 Å². The Kier molecular flexibility index (Phi) is 3.80. The number of aromatic nitrogens is 1. The third-order valence-electron chi connectivity index (χ3n) is 2.80. The Bertz CT molecular complexity index is 653. The summed E-state index contributed by atoms with van der Waals surface area (Å²) in [4.78, 5) is 15.8. The second-order valence-electron chi connectivity index (χ2n) is 4.32. The number of allylic oxidation sites excluding steroid dienone is 3. The number of hydrogen-bond donors (Lipinski definition) is 1. The van der Waals surface area contributed by atoms with Gasteiger partial charge in [0.25, 0.3) is 5.91 Å². The van der Waals surface area contributed by atoms with E-state index in [0.29, 0.717) is 17.8 Å². The molecule has 0 saturated carbocycles. The average Bonchev–Trinajstić information content (AvgIpc) is 2.40. The number of nitrogen functional groups attached to an aromatic ring is 1. The molecule has 0 spiro atoms. The molecule has 0 saturated heterocycles. The van der Waals surface area contributed by atoms with Crippen LogP contribution in [-0.2, 0) is 9.73 Å². The zero-order chi connectivity index (χ0) is 13.9. The molecule has 19 heavy (non-hydrogen) atoms. The summed E-state index contributed by atoms with van der Waals surface area (Å²) in [5.41, 5.74) is 5.74. The summed E-state index contributed by atoms with van der Waals surface area (Å²) in [7, 11) is -2.61. The van der Waals surface area contributed by atoms with Crippen LogP contribution in [0.4, 0.5) is 5.82 Å². The van der Waals surface area contributed by atoms with Crippen LogP contribution in [0.3, 0.4) is 0 Å². The zero-order valence-electron chi connectivity index (χ0n) is 10.5. The lowest BCUT2D eigenvalue weighted by Crippen LogP contribution is -2.19. The first-order valence-electron chi connectivity index (χ1n) is 5.79. The molecule has 1 heterocycles. The first-order valence-corrected chi connectivity index (χ1v) is 7.78. The predicted molar refractivity (Wildman–Crippen MR) is 76.2 cm³/mol. The van der Waals surface area contributed by atoms with E-state index < -0.39 is 15.6 Å². The molecule has 2 N–H and O–H groups in total. The highest BCUT2D eigenvalue weighted by Gasteiger charge is 2.18. The van der Waals surface area contributed by atoms with Crippen LogP contribution >= 0.6 is 0 Å². The molecule has 1 aromatic rings. The molecule has 0 radical (unpaired) electrons. The molecule has 100 valence electrons. The Labute approximate surface area is 112 Å². The van der Waals surface area contributed by atoms with E-state index >= 15 is 0 Å². The van der Waals surface area contributed by atoms with Gasteiger partial charge in [-0.15, -0.1) is 0 Å². The summed E-state index contributed by atoms with van der Waals surface area (Å²) in [6.45, 7) is 0. The smallest absolute Gasteiger partial charge is 0.286 e. The lowest BCUT2D eigenvalue weighted by Gasteiger charge is -2.14. The molecule has 0 bridgehead atoms. The summed E-state index contributed by atoms with van der Waals surface area (Å²) < 4.78 is 16.3. The molecule has 0 aromatic carbocycles. The monoisotopic (exact) mass is 277 g/mol. The molecule has 1 aliphatic rings. The SMILES string of the molecule is C[S@@](=O)(=NC(=O)c1ccc(N)nc1)C1C=CC=CC1. The van der Waals surface area contributed by atoms with E-state index in [1.165, 1.54) is 24.6 Å². The largest absolute Gasteiger partial charge is 0.384 e. The van der Waals surface area contributed by atoms with Crippen LogP contribution in [0.2, 0.25) is 0 Å². The van der Waals surface area contributed by atoms with Crippen molar-refractivity contribution in [2.45, 2.75) is 11.7 Å². The van der Waals surface area contributed by atoms with E-state index in [-0.39, 0.29) is 5.25 Å². The number of hydrogen-bond acceptors (Lipinski definition) is 4. The fourth-order valence-electron chi connectivity index (χ4n) is 1.70. The summed E-state index contributed by atoms with van der Waals surface area (Å²) in [5, 5.41) is -0.233. The first-order chi connectivity index (χ1) is 8.99. The number of anilines is 1. The maximum atomic E-state index is 12.5. The minimum absolute atomic E-state index is 0.233. The van der Waals surface area contributed by atoms with E-state index in [2.05, 4.69) is 9.35 Å². The van der Waals surface area contributed by atoms with Gasteiger partial charge in [-0.2, -0.15) is 4.36 Å². The van der Waals surface area contributed by atoms with Gasteiger partial charge in [-0.25, -0.2) is 9.19 Å². The van der Waals surface area contributed by atoms with Crippen LogP contribution in [0.5, 0.6) is 0 Å². The fraction of sp³-hybridized carbons (Fsp3) is 0.231. The first kappa shape index (κ1) is 13.5. The van der Waals surface area contributed by atoms with Crippen LogP contribution in [0.1, 0.15) is 16.8 Å².